The lowest BCUT2D eigenvalue weighted by molar-refractivity contribution is -0.119. The number of rotatable bonds is 12. The molecule has 10 nitrogen and oxygen atoms in total. The van der Waals surface area contributed by atoms with E-state index in [1.165, 1.54) is 18.2 Å². The van der Waals surface area contributed by atoms with Gasteiger partial charge in [-0.2, -0.15) is 0 Å². The van der Waals surface area contributed by atoms with Crippen LogP contribution in [0.15, 0.2) is 71.7 Å². The number of nitrogens with two attached hydrogens (primary N) is 3. The molecular formula is C27H29ClN6O4. The Kier molecular flexibility index (Phi) is 9.66. The van der Waals surface area contributed by atoms with Crippen molar-refractivity contribution in [1.29, 1.82) is 0 Å². The number of ketones is 1. The lowest BCUT2D eigenvalue weighted by Crippen LogP contribution is -2.36. The van der Waals surface area contributed by atoms with E-state index < -0.39 is 11.9 Å². The van der Waals surface area contributed by atoms with Gasteiger partial charge in [0, 0.05) is 22.7 Å². The first-order valence-electron chi connectivity index (χ1n) is 11.8. The van der Waals surface area contributed by atoms with E-state index in [0.717, 1.165) is 0 Å². The molecular weight excluding hydrogens is 508 g/mol. The summed E-state index contributed by atoms with van der Waals surface area (Å²) in [4.78, 5) is 42.0. The SMILES string of the molecule is NC(=O)C(CCCN=C(N)N)Nc1ccc(C(=O)c2ccc(Cl)cc2)cc1NC(=O)Cc1ccc(O)cc1. The second-order valence-corrected chi connectivity index (χ2v) is 8.97. The molecule has 198 valence electrons. The summed E-state index contributed by atoms with van der Waals surface area (Å²) in [5, 5.41) is 15.9. The largest absolute Gasteiger partial charge is 0.508 e. The van der Waals surface area contributed by atoms with Gasteiger partial charge in [-0.15, -0.1) is 0 Å². The Balaban J connectivity index is 1.87. The number of nitrogens with one attached hydrogen (secondary N) is 2. The van der Waals surface area contributed by atoms with Gasteiger partial charge in [0.05, 0.1) is 17.8 Å². The van der Waals surface area contributed by atoms with Crippen molar-refractivity contribution in [3.05, 3.63) is 88.4 Å². The van der Waals surface area contributed by atoms with Crippen molar-refractivity contribution in [2.75, 3.05) is 17.2 Å². The van der Waals surface area contributed by atoms with Gasteiger partial charge in [-0.25, -0.2) is 0 Å². The summed E-state index contributed by atoms with van der Waals surface area (Å²) in [7, 11) is 0. The summed E-state index contributed by atoms with van der Waals surface area (Å²) < 4.78 is 0. The lowest BCUT2D eigenvalue weighted by Gasteiger charge is -2.20. The zero-order valence-electron chi connectivity index (χ0n) is 20.5. The highest BCUT2D eigenvalue weighted by molar-refractivity contribution is 6.30. The summed E-state index contributed by atoms with van der Waals surface area (Å²) in [6.07, 6.45) is 0.833. The molecule has 3 rings (SSSR count). The van der Waals surface area contributed by atoms with E-state index in [1.54, 1.807) is 48.5 Å². The number of carbonyl (C=O) groups excluding carboxylic acids is 3. The minimum atomic E-state index is -0.783. The number of benzene rings is 3. The number of nitrogens with zero attached hydrogens (tertiary/aromatic N) is 1. The molecule has 3 aromatic rings. The fourth-order valence-electron chi connectivity index (χ4n) is 3.65. The number of phenols is 1. The number of halogens is 1. The molecule has 2 amide bonds. The standard InChI is InChI=1S/C27H29ClN6O4/c28-19-8-5-17(6-9-19)25(37)18-7-12-21(33-22(26(29)38)2-1-13-32-27(30)31)23(15-18)34-24(36)14-16-3-10-20(35)11-4-16/h3-12,15,22,33,35H,1-2,13-14H2,(H2,29,38)(H,34,36)(H4,30,31,32). The third kappa shape index (κ3) is 8.24. The van der Waals surface area contributed by atoms with Crippen LogP contribution in [-0.2, 0) is 16.0 Å². The normalized spacial score (nSPS) is 11.3. The van der Waals surface area contributed by atoms with Gasteiger partial charge in [0.15, 0.2) is 11.7 Å². The minimum absolute atomic E-state index is 0.0207. The summed E-state index contributed by atoms with van der Waals surface area (Å²) in [6, 6.07) is 16.6. The van der Waals surface area contributed by atoms with Crippen LogP contribution in [0.5, 0.6) is 5.75 Å². The number of guanidine groups is 1. The Hall–Kier alpha value is -4.57. The Morgan fingerprint density at radius 1 is 0.895 bits per heavy atom. The molecule has 0 heterocycles. The maximum Gasteiger partial charge on any atom is 0.239 e. The molecule has 0 saturated heterocycles. The van der Waals surface area contributed by atoms with E-state index in [0.29, 0.717) is 52.5 Å². The van der Waals surface area contributed by atoms with Crippen molar-refractivity contribution in [3.8, 4) is 5.75 Å². The molecule has 1 atom stereocenters. The van der Waals surface area contributed by atoms with Crippen LogP contribution < -0.4 is 27.8 Å². The maximum absolute atomic E-state index is 13.1. The molecule has 0 aliphatic carbocycles. The molecule has 38 heavy (non-hydrogen) atoms. The first-order chi connectivity index (χ1) is 18.1. The number of aromatic hydroxyl groups is 1. The smallest absolute Gasteiger partial charge is 0.239 e. The molecule has 3 aromatic carbocycles. The predicted molar refractivity (Wildman–Crippen MR) is 148 cm³/mol. The van der Waals surface area contributed by atoms with Gasteiger partial charge in [-0.1, -0.05) is 23.7 Å². The van der Waals surface area contributed by atoms with Gasteiger partial charge in [0.2, 0.25) is 11.8 Å². The van der Waals surface area contributed by atoms with Crippen LogP contribution in [0.2, 0.25) is 5.02 Å². The second kappa shape index (κ2) is 13.1. The number of aliphatic imine (C=N–C) groups is 1. The minimum Gasteiger partial charge on any atom is -0.508 e. The summed E-state index contributed by atoms with van der Waals surface area (Å²) >= 11 is 5.94. The molecule has 9 N–H and O–H groups in total. The highest BCUT2D eigenvalue weighted by Gasteiger charge is 2.19. The number of carbonyl (C=O) groups is 3. The third-order valence-corrected chi connectivity index (χ3v) is 5.83. The molecule has 0 spiro atoms. The molecule has 0 aliphatic rings. The van der Waals surface area contributed by atoms with E-state index in [1.807, 2.05) is 0 Å². The number of primary amides is 1. The summed E-state index contributed by atoms with van der Waals surface area (Å²) in [5.41, 5.74) is 18.4. The van der Waals surface area contributed by atoms with E-state index >= 15 is 0 Å². The molecule has 1 unspecified atom stereocenters. The van der Waals surface area contributed by atoms with Gasteiger partial charge in [0.25, 0.3) is 0 Å². The second-order valence-electron chi connectivity index (χ2n) is 8.54. The molecule has 0 radical (unpaired) electrons. The molecule has 0 aromatic heterocycles. The average molecular weight is 537 g/mol. The Morgan fingerprint density at radius 2 is 1.55 bits per heavy atom. The number of amides is 2. The molecule has 0 saturated carbocycles. The van der Waals surface area contributed by atoms with E-state index in [4.69, 9.17) is 28.8 Å². The van der Waals surface area contributed by atoms with Crippen molar-refractivity contribution in [2.24, 2.45) is 22.2 Å². The maximum atomic E-state index is 13.1. The quantitative estimate of drug-likeness (QED) is 0.0888. The zero-order valence-corrected chi connectivity index (χ0v) is 21.2. The highest BCUT2D eigenvalue weighted by Crippen LogP contribution is 2.27. The van der Waals surface area contributed by atoms with Crippen molar-refractivity contribution in [2.45, 2.75) is 25.3 Å². The number of hydrogen-bond donors (Lipinski definition) is 6. The first-order valence-corrected chi connectivity index (χ1v) is 12.1. The summed E-state index contributed by atoms with van der Waals surface area (Å²) in [6.45, 7) is 0.318. The van der Waals surface area contributed by atoms with Crippen molar-refractivity contribution in [3.63, 3.8) is 0 Å². The van der Waals surface area contributed by atoms with Gasteiger partial charge < -0.3 is 32.9 Å². The van der Waals surface area contributed by atoms with Crippen LogP contribution in [0.25, 0.3) is 0 Å². The van der Waals surface area contributed by atoms with Crippen LogP contribution >= 0.6 is 11.6 Å². The Labute approximate surface area is 224 Å². The molecule has 0 fully saturated rings. The van der Waals surface area contributed by atoms with E-state index in [2.05, 4.69) is 15.6 Å². The Morgan fingerprint density at radius 3 is 2.18 bits per heavy atom. The fraction of sp³-hybridized carbons (Fsp3) is 0.185. The third-order valence-electron chi connectivity index (χ3n) is 5.58. The fourth-order valence-corrected chi connectivity index (χ4v) is 3.78. The lowest BCUT2D eigenvalue weighted by atomic mass is 10.0. The Bertz CT molecular complexity index is 1320. The van der Waals surface area contributed by atoms with Gasteiger partial charge in [-0.3, -0.25) is 19.4 Å². The predicted octanol–water partition coefficient (Wildman–Crippen LogP) is 2.78. The van der Waals surface area contributed by atoms with Crippen LogP contribution in [0, 0.1) is 0 Å². The van der Waals surface area contributed by atoms with Crippen molar-refractivity contribution >= 4 is 46.5 Å². The zero-order chi connectivity index (χ0) is 27.7. The number of phenolic OH excluding ortho intramolecular Hbond substituents is 1. The van der Waals surface area contributed by atoms with Gasteiger partial charge in [-0.05, 0) is 73.0 Å². The molecule has 11 heteroatoms. The van der Waals surface area contributed by atoms with Crippen molar-refractivity contribution < 1.29 is 19.5 Å². The monoisotopic (exact) mass is 536 g/mol. The highest BCUT2D eigenvalue weighted by atomic mass is 35.5. The number of anilines is 2. The average Bonchev–Trinajstić information content (AvgIpc) is 2.87. The molecule has 0 aliphatic heterocycles. The summed E-state index contributed by atoms with van der Waals surface area (Å²) in [5.74, 6) is -1.19. The van der Waals surface area contributed by atoms with Crippen molar-refractivity contribution in [1.82, 2.24) is 0 Å². The van der Waals surface area contributed by atoms with E-state index in [9.17, 15) is 19.5 Å². The topological polar surface area (TPSA) is 186 Å². The van der Waals surface area contributed by atoms with Crippen LogP contribution in [0.1, 0.15) is 34.3 Å². The van der Waals surface area contributed by atoms with Gasteiger partial charge >= 0.3 is 0 Å². The number of hydrogen-bond acceptors (Lipinski definition) is 6. The van der Waals surface area contributed by atoms with Crippen LogP contribution in [0.4, 0.5) is 11.4 Å². The van der Waals surface area contributed by atoms with E-state index in [-0.39, 0.29) is 29.8 Å². The van der Waals surface area contributed by atoms with Crippen LogP contribution in [0.3, 0.4) is 0 Å². The van der Waals surface area contributed by atoms with Crippen LogP contribution in [-0.4, -0.2) is 41.3 Å². The molecule has 0 bridgehead atoms. The van der Waals surface area contributed by atoms with Gasteiger partial charge in [0.1, 0.15) is 11.8 Å². The first kappa shape index (κ1) is 28.0.